The minimum absolute atomic E-state index is 0.0264. The molecule has 0 aliphatic carbocycles. The van der Waals surface area contributed by atoms with Crippen LogP contribution in [0.5, 0.6) is 5.75 Å². The molecular formula is C17H27N3O4S. The maximum atomic E-state index is 12.7. The molecule has 8 heteroatoms. The van der Waals surface area contributed by atoms with Gasteiger partial charge in [0.1, 0.15) is 6.10 Å². The van der Waals surface area contributed by atoms with Gasteiger partial charge in [-0.25, -0.2) is 12.7 Å². The van der Waals surface area contributed by atoms with Crippen molar-refractivity contribution >= 4 is 21.6 Å². The number of nitrogens with zero attached hydrogens (tertiary/aromatic N) is 3. The van der Waals surface area contributed by atoms with Crippen molar-refractivity contribution in [2.75, 3.05) is 52.4 Å². The van der Waals surface area contributed by atoms with Gasteiger partial charge in [0.2, 0.25) is 10.0 Å². The molecule has 2 atom stereocenters. The first kappa shape index (κ1) is 19.5. The number of anilines is 1. The van der Waals surface area contributed by atoms with Crippen molar-refractivity contribution in [1.82, 2.24) is 9.21 Å². The summed E-state index contributed by atoms with van der Waals surface area (Å²) in [6.07, 6.45) is 0.810. The Morgan fingerprint density at radius 1 is 1.28 bits per heavy atom. The average molecular weight is 369 g/mol. The molecule has 1 aromatic rings. The fraction of sp³-hybridized carbons (Fsp3) is 0.588. The molecule has 1 aliphatic rings. The molecule has 0 unspecified atom stereocenters. The summed E-state index contributed by atoms with van der Waals surface area (Å²) in [7, 11) is 3.75. The van der Waals surface area contributed by atoms with Crippen molar-refractivity contribution in [3.63, 3.8) is 0 Å². The van der Waals surface area contributed by atoms with Gasteiger partial charge < -0.3 is 14.5 Å². The third-order valence-corrected chi connectivity index (χ3v) is 5.80. The summed E-state index contributed by atoms with van der Waals surface area (Å²) in [5, 5.41) is 0. The zero-order chi connectivity index (χ0) is 18.9. The van der Waals surface area contributed by atoms with Gasteiger partial charge >= 0.3 is 0 Å². The summed E-state index contributed by atoms with van der Waals surface area (Å²) in [5.74, 6) is 0.379. The first-order chi connectivity index (χ1) is 11.5. The number of carbonyl (C=O) groups excluding carboxylic acids is 1. The Labute approximate surface area is 150 Å². The van der Waals surface area contributed by atoms with Crippen LogP contribution in [0, 0.1) is 5.92 Å². The predicted octanol–water partition coefficient (Wildman–Crippen LogP) is 1.11. The van der Waals surface area contributed by atoms with Crippen molar-refractivity contribution in [2.45, 2.75) is 13.0 Å². The molecule has 0 bridgehead atoms. The second kappa shape index (κ2) is 7.21. The van der Waals surface area contributed by atoms with Crippen molar-refractivity contribution < 1.29 is 17.9 Å². The van der Waals surface area contributed by atoms with E-state index in [2.05, 4.69) is 0 Å². The van der Waals surface area contributed by atoms with E-state index >= 15 is 0 Å². The number of para-hydroxylation sites is 1. The average Bonchev–Trinajstić information content (AvgIpc) is 2.51. The Bertz CT molecular complexity index is 748. The summed E-state index contributed by atoms with van der Waals surface area (Å²) in [6.45, 7) is 2.68. The topological polar surface area (TPSA) is 70.2 Å². The van der Waals surface area contributed by atoms with Gasteiger partial charge in [0.05, 0.1) is 24.1 Å². The number of hydrogen-bond acceptors (Lipinski definition) is 5. The number of rotatable bonds is 4. The summed E-state index contributed by atoms with van der Waals surface area (Å²) in [6, 6.07) is 5.45. The molecule has 0 N–H and O–H groups in total. The molecule has 1 aliphatic heterocycles. The molecule has 0 spiro atoms. The second-order valence-electron chi connectivity index (χ2n) is 6.91. The van der Waals surface area contributed by atoms with Gasteiger partial charge in [-0.2, -0.15) is 0 Å². The quantitative estimate of drug-likeness (QED) is 0.795. The number of fused-ring (bicyclic) bond motifs is 1. The van der Waals surface area contributed by atoms with E-state index in [9.17, 15) is 13.2 Å². The molecule has 0 saturated heterocycles. The van der Waals surface area contributed by atoms with Gasteiger partial charge in [0.15, 0.2) is 5.75 Å². The van der Waals surface area contributed by atoms with E-state index in [0.717, 1.165) is 5.69 Å². The second-order valence-corrected chi connectivity index (χ2v) is 9.00. The van der Waals surface area contributed by atoms with Crippen LogP contribution in [0.3, 0.4) is 0 Å². The fourth-order valence-corrected chi connectivity index (χ4v) is 3.30. The van der Waals surface area contributed by atoms with Crippen molar-refractivity contribution in [3.8, 4) is 5.75 Å². The molecule has 1 amide bonds. The highest BCUT2D eigenvalue weighted by atomic mass is 32.2. The van der Waals surface area contributed by atoms with Crippen LogP contribution < -0.4 is 9.64 Å². The molecule has 2 rings (SSSR count). The SMILES string of the molecule is C[C@@H]1CN(C)C(=O)c2cccc(N(C)C)c2O[C@@H]1CN(C)S(C)(=O)=O. The summed E-state index contributed by atoms with van der Waals surface area (Å²) in [4.78, 5) is 16.3. The monoisotopic (exact) mass is 369 g/mol. The number of likely N-dealkylation sites (N-methyl/N-ethyl adjacent to an activating group) is 1. The summed E-state index contributed by atoms with van der Waals surface area (Å²) in [5.41, 5.74) is 1.29. The smallest absolute Gasteiger partial charge is 0.257 e. The van der Waals surface area contributed by atoms with E-state index in [0.29, 0.717) is 17.9 Å². The number of hydrogen-bond donors (Lipinski definition) is 0. The number of carbonyl (C=O) groups is 1. The van der Waals surface area contributed by atoms with Crippen LogP contribution in [0.2, 0.25) is 0 Å². The standard InChI is InChI=1S/C17H27N3O4S/c1-12-10-19(4)17(21)13-8-7-9-14(18(2)3)16(13)24-15(12)11-20(5)25(6,22)23/h7-9,12,15H,10-11H2,1-6H3/t12-,15-/m1/s1. The van der Waals surface area contributed by atoms with E-state index in [1.54, 1.807) is 18.0 Å². The van der Waals surface area contributed by atoms with Gasteiger partial charge in [-0.3, -0.25) is 4.79 Å². The van der Waals surface area contributed by atoms with Crippen molar-refractivity contribution in [2.24, 2.45) is 5.92 Å². The van der Waals surface area contributed by atoms with Crippen LogP contribution in [-0.2, 0) is 10.0 Å². The largest absolute Gasteiger partial charge is 0.486 e. The van der Waals surface area contributed by atoms with Crippen LogP contribution >= 0.6 is 0 Å². The zero-order valence-corrected chi connectivity index (χ0v) is 16.5. The third-order valence-electron chi connectivity index (χ3n) is 4.52. The minimum Gasteiger partial charge on any atom is -0.486 e. The van der Waals surface area contributed by atoms with Gasteiger partial charge in [0, 0.05) is 40.7 Å². The minimum atomic E-state index is -3.31. The molecule has 0 saturated carbocycles. The third kappa shape index (κ3) is 4.24. The highest BCUT2D eigenvalue weighted by molar-refractivity contribution is 7.88. The predicted molar refractivity (Wildman–Crippen MR) is 98.8 cm³/mol. The lowest BCUT2D eigenvalue weighted by Gasteiger charge is -2.35. The first-order valence-corrected chi connectivity index (χ1v) is 10.0. The number of ether oxygens (including phenoxy) is 1. The number of amides is 1. The molecule has 1 aromatic carbocycles. The Balaban J connectivity index is 2.49. The first-order valence-electron chi connectivity index (χ1n) is 8.16. The molecule has 25 heavy (non-hydrogen) atoms. The van der Waals surface area contributed by atoms with Gasteiger partial charge in [-0.15, -0.1) is 0 Å². The van der Waals surface area contributed by atoms with Crippen LogP contribution in [0.1, 0.15) is 17.3 Å². The molecule has 0 fully saturated rings. The molecule has 1 heterocycles. The van der Waals surface area contributed by atoms with Gasteiger partial charge in [-0.05, 0) is 12.1 Å². The normalized spacial score (nSPS) is 21.4. The summed E-state index contributed by atoms with van der Waals surface area (Å²) < 4.78 is 31.1. The van der Waals surface area contributed by atoms with Crippen molar-refractivity contribution in [1.29, 1.82) is 0 Å². The maximum absolute atomic E-state index is 12.7. The number of benzene rings is 1. The van der Waals surface area contributed by atoms with E-state index in [-0.39, 0.29) is 24.5 Å². The Hall–Kier alpha value is -1.80. The summed E-state index contributed by atoms with van der Waals surface area (Å²) >= 11 is 0. The lowest BCUT2D eigenvalue weighted by Crippen LogP contribution is -2.46. The molecule has 7 nitrogen and oxygen atoms in total. The zero-order valence-electron chi connectivity index (χ0n) is 15.7. The molecule has 0 aromatic heterocycles. The van der Waals surface area contributed by atoms with E-state index in [4.69, 9.17) is 4.74 Å². The Morgan fingerprint density at radius 3 is 2.48 bits per heavy atom. The van der Waals surface area contributed by atoms with Crippen LogP contribution in [0.4, 0.5) is 5.69 Å². The van der Waals surface area contributed by atoms with E-state index in [1.165, 1.54) is 17.6 Å². The van der Waals surface area contributed by atoms with Crippen LogP contribution in [-0.4, -0.2) is 77.2 Å². The van der Waals surface area contributed by atoms with E-state index < -0.39 is 10.0 Å². The molecular weight excluding hydrogens is 342 g/mol. The highest BCUT2D eigenvalue weighted by Crippen LogP contribution is 2.35. The van der Waals surface area contributed by atoms with Crippen molar-refractivity contribution in [3.05, 3.63) is 23.8 Å². The van der Waals surface area contributed by atoms with Gasteiger partial charge in [0.25, 0.3) is 5.91 Å². The van der Waals surface area contributed by atoms with Crippen LogP contribution in [0.25, 0.3) is 0 Å². The van der Waals surface area contributed by atoms with E-state index in [1.807, 2.05) is 38.1 Å². The number of sulfonamides is 1. The Kier molecular flexibility index (Phi) is 5.63. The van der Waals surface area contributed by atoms with Crippen LogP contribution in [0.15, 0.2) is 18.2 Å². The fourth-order valence-electron chi connectivity index (χ4n) is 2.88. The highest BCUT2D eigenvalue weighted by Gasteiger charge is 2.32. The van der Waals surface area contributed by atoms with Gasteiger partial charge in [-0.1, -0.05) is 13.0 Å². The molecule has 0 radical (unpaired) electrons. The maximum Gasteiger partial charge on any atom is 0.257 e. The Morgan fingerprint density at radius 2 is 1.92 bits per heavy atom. The lowest BCUT2D eigenvalue weighted by atomic mass is 10.0. The molecule has 140 valence electrons. The lowest BCUT2D eigenvalue weighted by molar-refractivity contribution is 0.0606.